The zero-order chi connectivity index (χ0) is 15.2. The van der Waals surface area contributed by atoms with Gasteiger partial charge in [-0.1, -0.05) is 0 Å². The second kappa shape index (κ2) is 5.19. The molecule has 0 saturated heterocycles. The minimum atomic E-state index is -4.83. The number of amides is 1. The molecule has 1 amide bonds. The lowest BCUT2D eigenvalue weighted by atomic mass is 10.1. The smallest absolute Gasteiger partial charge is 0.461 e. The Morgan fingerprint density at radius 2 is 2.10 bits per heavy atom. The van der Waals surface area contributed by atoms with Crippen LogP contribution in [0.3, 0.4) is 0 Å². The zero-order valence-electron chi connectivity index (χ0n) is 10.8. The van der Waals surface area contributed by atoms with Gasteiger partial charge in [-0.15, -0.1) is 0 Å². The number of alkyl halides is 3. The predicted octanol–water partition coefficient (Wildman–Crippen LogP) is 3.87. The minimum absolute atomic E-state index is 0.0548. The molecule has 2 heterocycles. The Hall–Kier alpha value is -1.25. The average Bonchev–Trinajstić information content (AvgIpc) is 2.61. The van der Waals surface area contributed by atoms with Crippen molar-refractivity contribution in [3.8, 4) is 0 Å². The summed E-state index contributed by atoms with van der Waals surface area (Å²) >= 11 is 2.14. The maximum Gasteiger partial charge on any atom is 0.471 e. The number of fused-ring (bicyclic) bond motifs is 3. The van der Waals surface area contributed by atoms with Crippen molar-refractivity contribution in [2.24, 2.45) is 0 Å². The molecule has 0 N–H and O–H groups in total. The molecule has 21 heavy (non-hydrogen) atoms. The maximum absolute atomic E-state index is 12.6. The van der Waals surface area contributed by atoms with E-state index in [9.17, 15) is 18.0 Å². The number of carbonyl (C=O) groups excluding carboxylic acids is 1. The van der Waals surface area contributed by atoms with Gasteiger partial charge in [0.15, 0.2) is 0 Å². The van der Waals surface area contributed by atoms with E-state index in [1.54, 1.807) is 0 Å². The Bertz CT molecular complexity index is 708. The van der Waals surface area contributed by atoms with Gasteiger partial charge in [-0.3, -0.25) is 4.79 Å². The SMILES string of the molecule is O=C(N1CCCc2oc3ccc(I)cc3c2C1)C(F)(F)F. The van der Waals surface area contributed by atoms with Crippen LogP contribution in [0.2, 0.25) is 0 Å². The van der Waals surface area contributed by atoms with E-state index in [0.717, 1.165) is 13.9 Å². The van der Waals surface area contributed by atoms with Gasteiger partial charge in [0.2, 0.25) is 0 Å². The molecule has 112 valence electrons. The number of benzene rings is 1. The number of hydrogen-bond acceptors (Lipinski definition) is 2. The Morgan fingerprint density at radius 3 is 2.81 bits per heavy atom. The van der Waals surface area contributed by atoms with Gasteiger partial charge in [0.05, 0.1) is 6.54 Å². The second-order valence-electron chi connectivity index (χ2n) is 4.97. The van der Waals surface area contributed by atoms with Gasteiger partial charge in [-0.25, -0.2) is 0 Å². The van der Waals surface area contributed by atoms with Gasteiger partial charge in [-0.05, 0) is 47.2 Å². The topological polar surface area (TPSA) is 33.5 Å². The lowest BCUT2D eigenvalue weighted by Gasteiger charge is -2.21. The van der Waals surface area contributed by atoms with Crippen molar-refractivity contribution >= 4 is 39.5 Å². The highest BCUT2D eigenvalue weighted by molar-refractivity contribution is 14.1. The number of carbonyl (C=O) groups is 1. The van der Waals surface area contributed by atoms with E-state index >= 15 is 0 Å². The predicted molar refractivity (Wildman–Crippen MR) is 78.7 cm³/mol. The molecule has 3 nitrogen and oxygen atoms in total. The fourth-order valence-electron chi connectivity index (χ4n) is 2.60. The van der Waals surface area contributed by atoms with Crippen LogP contribution in [0.5, 0.6) is 0 Å². The van der Waals surface area contributed by atoms with Crippen LogP contribution in [0.1, 0.15) is 17.7 Å². The fourth-order valence-corrected chi connectivity index (χ4v) is 3.09. The Kier molecular flexibility index (Phi) is 3.62. The van der Waals surface area contributed by atoms with Gasteiger partial charge in [0, 0.05) is 27.5 Å². The largest absolute Gasteiger partial charge is 0.471 e. The van der Waals surface area contributed by atoms with Crippen molar-refractivity contribution in [2.45, 2.75) is 25.6 Å². The van der Waals surface area contributed by atoms with Gasteiger partial charge in [0.25, 0.3) is 0 Å². The first-order valence-electron chi connectivity index (χ1n) is 6.42. The van der Waals surface area contributed by atoms with Crippen molar-refractivity contribution < 1.29 is 22.4 Å². The van der Waals surface area contributed by atoms with Crippen LogP contribution < -0.4 is 0 Å². The van der Waals surface area contributed by atoms with E-state index in [4.69, 9.17) is 4.42 Å². The van der Waals surface area contributed by atoms with E-state index < -0.39 is 12.1 Å². The Morgan fingerprint density at radius 1 is 1.33 bits per heavy atom. The third-order valence-electron chi connectivity index (χ3n) is 3.55. The molecule has 0 atom stereocenters. The molecule has 1 aromatic heterocycles. The third kappa shape index (κ3) is 2.75. The molecule has 0 radical (unpaired) electrons. The van der Waals surface area contributed by atoms with Gasteiger partial charge in [0.1, 0.15) is 11.3 Å². The molecule has 0 aliphatic carbocycles. The molecule has 1 aliphatic heterocycles. The highest BCUT2D eigenvalue weighted by Gasteiger charge is 2.43. The highest BCUT2D eigenvalue weighted by Crippen LogP contribution is 2.32. The van der Waals surface area contributed by atoms with Crippen LogP contribution in [0.15, 0.2) is 22.6 Å². The van der Waals surface area contributed by atoms with E-state index in [1.807, 2.05) is 18.2 Å². The highest BCUT2D eigenvalue weighted by atomic mass is 127. The number of furan rings is 1. The van der Waals surface area contributed by atoms with Crippen LogP contribution in [-0.4, -0.2) is 23.5 Å². The molecule has 0 spiro atoms. The van der Waals surface area contributed by atoms with E-state index in [2.05, 4.69) is 22.6 Å². The molecule has 7 heteroatoms. The van der Waals surface area contributed by atoms with Crippen molar-refractivity contribution in [2.75, 3.05) is 6.54 Å². The molecule has 2 aromatic rings. The molecule has 1 aromatic carbocycles. The molecular formula is C14H11F3INO2. The molecule has 0 saturated carbocycles. The normalized spacial score (nSPS) is 15.9. The first kappa shape index (κ1) is 14.7. The number of aryl methyl sites for hydroxylation is 1. The summed E-state index contributed by atoms with van der Waals surface area (Å²) in [7, 11) is 0. The number of hydrogen-bond donors (Lipinski definition) is 0. The minimum Gasteiger partial charge on any atom is -0.461 e. The van der Waals surface area contributed by atoms with Crippen LogP contribution in [0.25, 0.3) is 11.0 Å². The monoisotopic (exact) mass is 409 g/mol. The molecule has 0 unspecified atom stereocenters. The van der Waals surface area contributed by atoms with E-state index in [-0.39, 0.29) is 13.1 Å². The van der Waals surface area contributed by atoms with Gasteiger partial charge >= 0.3 is 12.1 Å². The summed E-state index contributed by atoms with van der Waals surface area (Å²) in [5.41, 5.74) is 1.35. The number of rotatable bonds is 0. The second-order valence-corrected chi connectivity index (χ2v) is 6.22. The van der Waals surface area contributed by atoms with E-state index in [0.29, 0.717) is 29.7 Å². The molecule has 3 rings (SSSR count). The number of halogens is 4. The van der Waals surface area contributed by atoms with Crippen molar-refractivity contribution in [3.63, 3.8) is 0 Å². The van der Waals surface area contributed by atoms with Crippen LogP contribution in [0.4, 0.5) is 13.2 Å². The van der Waals surface area contributed by atoms with Crippen molar-refractivity contribution in [1.82, 2.24) is 4.90 Å². The van der Waals surface area contributed by atoms with Gasteiger partial charge in [-0.2, -0.15) is 13.2 Å². The summed E-state index contributed by atoms with van der Waals surface area (Å²) in [6.07, 6.45) is -3.83. The lowest BCUT2D eigenvalue weighted by Crippen LogP contribution is -2.40. The summed E-state index contributed by atoms with van der Waals surface area (Å²) in [5.74, 6) is -1.10. The summed E-state index contributed by atoms with van der Waals surface area (Å²) in [6.45, 7) is 0.0364. The van der Waals surface area contributed by atoms with Crippen LogP contribution >= 0.6 is 22.6 Å². The number of nitrogens with zero attached hydrogens (tertiary/aromatic N) is 1. The summed E-state index contributed by atoms with van der Waals surface area (Å²) in [5, 5.41) is 0.791. The van der Waals surface area contributed by atoms with Gasteiger partial charge < -0.3 is 9.32 Å². The summed E-state index contributed by atoms with van der Waals surface area (Å²) in [4.78, 5) is 12.3. The fraction of sp³-hybridized carbons (Fsp3) is 0.357. The van der Waals surface area contributed by atoms with Crippen molar-refractivity contribution in [1.29, 1.82) is 0 Å². The molecule has 0 fully saturated rings. The van der Waals surface area contributed by atoms with Crippen LogP contribution in [-0.2, 0) is 17.8 Å². The van der Waals surface area contributed by atoms with Crippen molar-refractivity contribution in [3.05, 3.63) is 33.1 Å². The lowest BCUT2D eigenvalue weighted by molar-refractivity contribution is -0.186. The Balaban J connectivity index is 2.03. The first-order chi connectivity index (χ1) is 9.86. The zero-order valence-corrected chi connectivity index (χ0v) is 13.0. The third-order valence-corrected chi connectivity index (χ3v) is 4.22. The standard InChI is InChI=1S/C14H11F3INO2/c15-14(16,17)13(20)19-5-1-2-11-10(7-19)9-6-8(18)3-4-12(9)21-11/h3-4,6H,1-2,5,7H2. The average molecular weight is 409 g/mol. The Labute approximate surface area is 132 Å². The summed E-state index contributed by atoms with van der Waals surface area (Å²) in [6, 6.07) is 5.56. The quantitative estimate of drug-likeness (QED) is 0.620. The molecular weight excluding hydrogens is 398 g/mol. The molecule has 0 bridgehead atoms. The maximum atomic E-state index is 12.6. The molecule has 1 aliphatic rings. The van der Waals surface area contributed by atoms with Crippen LogP contribution in [0, 0.1) is 3.57 Å². The summed E-state index contributed by atoms with van der Waals surface area (Å²) < 4.78 is 44.6. The van der Waals surface area contributed by atoms with E-state index in [1.165, 1.54) is 0 Å². The first-order valence-corrected chi connectivity index (χ1v) is 7.50.